The summed E-state index contributed by atoms with van der Waals surface area (Å²) in [5.41, 5.74) is 9.80. The summed E-state index contributed by atoms with van der Waals surface area (Å²) in [7, 11) is 0. The van der Waals surface area contributed by atoms with E-state index in [4.69, 9.17) is 10.5 Å². The van der Waals surface area contributed by atoms with E-state index in [1.807, 2.05) is 6.08 Å². The minimum Gasteiger partial charge on any atom is -0.402 e. The van der Waals surface area contributed by atoms with E-state index in [0.717, 1.165) is 31.5 Å². The monoisotopic (exact) mass is 222 g/mol. The Bertz CT molecular complexity index is 265. The summed E-state index contributed by atoms with van der Waals surface area (Å²) in [6.07, 6.45) is 4.30. The van der Waals surface area contributed by atoms with Crippen LogP contribution in [0, 0.1) is 0 Å². The fourth-order valence-corrected chi connectivity index (χ4v) is 1.03. The van der Waals surface area contributed by atoms with Crippen molar-refractivity contribution in [3.05, 3.63) is 42.9 Å². The third kappa shape index (κ3) is 10.6. The first-order valence-corrected chi connectivity index (χ1v) is 5.43. The quantitative estimate of drug-likeness (QED) is 0.439. The highest BCUT2D eigenvalue weighted by molar-refractivity contribution is 4.93. The topological polar surface area (TPSA) is 47.3 Å². The van der Waals surface area contributed by atoms with E-state index in [2.05, 4.69) is 30.8 Å². The van der Waals surface area contributed by atoms with Gasteiger partial charge < -0.3 is 15.8 Å². The van der Waals surface area contributed by atoms with Crippen LogP contribution in [-0.4, -0.2) is 19.8 Å². The Hall–Kier alpha value is -1.44. The third-order valence-corrected chi connectivity index (χ3v) is 1.92. The minimum atomic E-state index is 0.681. The number of hydrogen-bond donors (Lipinski definition) is 2. The Morgan fingerprint density at radius 2 is 2.06 bits per heavy atom. The molecule has 0 fully saturated rings. The zero-order valence-electron chi connectivity index (χ0n) is 9.93. The Morgan fingerprint density at radius 3 is 2.69 bits per heavy atom. The molecular formula is C13H22N2O. The first-order valence-electron chi connectivity index (χ1n) is 5.43. The van der Waals surface area contributed by atoms with Gasteiger partial charge in [0.2, 0.25) is 0 Å². The molecule has 0 heterocycles. The van der Waals surface area contributed by atoms with Crippen LogP contribution in [0.25, 0.3) is 0 Å². The van der Waals surface area contributed by atoms with E-state index in [-0.39, 0.29) is 0 Å². The van der Waals surface area contributed by atoms with Gasteiger partial charge in [-0.25, -0.2) is 0 Å². The molecule has 3 heteroatoms. The average molecular weight is 222 g/mol. The molecule has 16 heavy (non-hydrogen) atoms. The predicted octanol–water partition coefficient (Wildman–Crippen LogP) is 2.09. The number of hydrogen-bond acceptors (Lipinski definition) is 3. The number of nitrogens with two attached hydrogens (primary N) is 1. The van der Waals surface area contributed by atoms with Gasteiger partial charge in [0.1, 0.15) is 0 Å². The maximum atomic E-state index is 5.44. The van der Waals surface area contributed by atoms with Crippen LogP contribution in [0.3, 0.4) is 0 Å². The lowest BCUT2D eigenvalue weighted by Gasteiger charge is -2.09. The lowest BCUT2D eigenvalue weighted by atomic mass is 10.3. The van der Waals surface area contributed by atoms with E-state index >= 15 is 0 Å². The van der Waals surface area contributed by atoms with Crippen molar-refractivity contribution in [2.45, 2.75) is 19.3 Å². The van der Waals surface area contributed by atoms with Crippen LogP contribution in [0.1, 0.15) is 19.3 Å². The van der Waals surface area contributed by atoms with E-state index < -0.39 is 0 Å². The van der Waals surface area contributed by atoms with Crippen molar-refractivity contribution < 1.29 is 4.74 Å². The van der Waals surface area contributed by atoms with Crippen LogP contribution in [0.15, 0.2) is 42.9 Å². The summed E-state index contributed by atoms with van der Waals surface area (Å²) in [4.78, 5) is 0. The standard InChI is InChI=1S/C13H22N2O/c1-4-5-6-10-16-11-8-13(3)15-9-7-12(2)14/h5,15H,1-3,6-11,14H2. The molecule has 90 valence electrons. The van der Waals surface area contributed by atoms with Crippen molar-refractivity contribution in [1.29, 1.82) is 0 Å². The molecule has 0 aliphatic carbocycles. The van der Waals surface area contributed by atoms with Gasteiger partial charge in [-0.3, -0.25) is 0 Å². The van der Waals surface area contributed by atoms with Crippen molar-refractivity contribution >= 4 is 0 Å². The molecule has 0 saturated heterocycles. The Labute approximate surface area is 98.4 Å². The fourth-order valence-electron chi connectivity index (χ4n) is 1.03. The molecule has 0 amide bonds. The second-order valence-corrected chi connectivity index (χ2v) is 3.50. The molecule has 0 aliphatic heterocycles. The highest BCUT2D eigenvalue weighted by Crippen LogP contribution is 1.96. The number of nitrogens with one attached hydrogen (secondary N) is 1. The van der Waals surface area contributed by atoms with Crippen molar-refractivity contribution in [1.82, 2.24) is 5.32 Å². The summed E-state index contributed by atoms with van der Waals surface area (Å²) in [6, 6.07) is 0. The molecule has 0 aliphatic rings. The zero-order valence-corrected chi connectivity index (χ0v) is 9.93. The lowest BCUT2D eigenvalue weighted by molar-refractivity contribution is 0.141. The molecule has 0 aromatic carbocycles. The highest BCUT2D eigenvalue weighted by Gasteiger charge is 1.94. The van der Waals surface area contributed by atoms with Gasteiger partial charge in [-0.1, -0.05) is 19.7 Å². The van der Waals surface area contributed by atoms with Crippen LogP contribution >= 0.6 is 0 Å². The molecule has 0 radical (unpaired) electrons. The lowest BCUT2D eigenvalue weighted by Crippen LogP contribution is -2.17. The Morgan fingerprint density at radius 1 is 1.31 bits per heavy atom. The molecule has 0 saturated carbocycles. The van der Waals surface area contributed by atoms with E-state index in [0.29, 0.717) is 18.9 Å². The second kappa shape index (κ2) is 10.1. The molecule has 0 unspecified atom stereocenters. The van der Waals surface area contributed by atoms with Gasteiger partial charge in [0.25, 0.3) is 0 Å². The largest absolute Gasteiger partial charge is 0.402 e. The van der Waals surface area contributed by atoms with Crippen LogP contribution in [0.4, 0.5) is 0 Å². The highest BCUT2D eigenvalue weighted by atomic mass is 16.5. The predicted molar refractivity (Wildman–Crippen MR) is 68.9 cm³/mol. The molecule has 3 N–H and O–H groups in total. The molecule has 0 aromatic heterocycles. The molecule has 0 bridgehead atoms. The maximum absolute atomic E-state index is 5.44. The SMILES string of the molecule is C=C=CCCOCCC(=C)NCCC(=C)N. The van der Waals surface area contributed by atoms with E-state index in [1.54, 1.807) is 0 Å². The van der Waals surface area contributed by atoms with Crippen molar-refractivity contribution in [2.75, 3.05) is 19.8 Å². The summed E-state index contributed by atoms with van der Waals surface area (Å²) < 4.78 is 5.39. The van der Waals surface area contributed by atoms with Gasteiger partial charge in [0.15, 0.2) is 0 Å². The Kier molecular flexibility index (Phi) is 9.18. The first kappa shape index (κ1) is 14.6. The first-order chi connectivity index (χ1) is 7.66. The molecule has 0 atom stereocenters. The van der Waals surface area contributed by atoms with Crippen LogP contribution in [0.2, 0.25) is 0 Å². The zero-order chi connectivity index (χ0) is 12.2. The smallest absolute Gasteiger partial charge is 0.0520 e. The summed E-state index contributed by atoms with van der Waals surface area (Å²) in [6.45, 7) is 13.2. The van der Waals surface area contributed by atoms with Crippen LogP contribution in [-0.2, 0) is 4.74 Å². The van der Waals surface area contributed by atoms with Crippen LogP contribution < -0.4 is 11.1 Å². The Balaban J connectivity index is 3.30. The number of ether oxygens (including phenoxy) is 1. The van der Waals surface area contributed by atoms with Gasteiger partial charge in [0.05, 0.1) is 13.2 Å². The summed E-state index contributed by atoms with van der Waals surface area (Å²) in [5.74, 6) is 0. The van der Waals surface area contributed by atoms with Gasteiger partial charge >= 0.3 is 0 Å². The molecular weight excluding hydrogens is 200 g/mol. The van der Waals surface area contributed by atoms with Crippen LogP contribution in [0.5, 0.6) is 0 Å². The maximum Gasteiger partial charge on any atom is 0.0520 e. The summed E-state index contributed by atoms with van der Waals surface area (Å²) >= 11 is 0. The van der Waals surface area contributed by atoms with Gasteiger partial charge in [-0.2, -0.15) is 0 Å². The minimum absolute atomic E-state index is 0.681. The second-order valence-electron chi connectivity index (χ2n) is 3.50. The number of rotatable bonds is 10. The fraction of sp³-hybridized carbons (Fsp3) is 0.462. The van der Waals surface area contributed by atoms with Gasteiger partial charge in [-0.15, -0.1) is 5.73 Å². The summed E-state index contributed by atoms with van der Waals surface area (Å²) in [5, 5.41) is 3.17. The average Bonchev–Trinajstić information content (AvgIpc) is 2.22. The van der Waals surface area contributed by atoms with Crippen molar-refractivity contribution in [3.8, 4) is 0 Å². The third-order valence-electron chi connectivity index (χ3n) is 1.92. The van der Waals surface area contributed by atoms with Crippen molar-refractivity contribution in [2.24, 2.45) is 5.73 Å². The van der Waals surface area contributed by atoms with E-state index in [1.165, 1.54) is 0 Å². The van der Waals surface area contributed by atoms with Gasteiger partial charge in [-0.05, 0) is 12.5 Å². The van der Waals surface area contributed by atoms with Gasteiger partial charge in [0, 0.05) is 30.8 Å². The molecule has 0 rings (SSSR count). The van der Waals surface area contributed by atoms with Crippen molar-refractivity contribution in [3.63, 3.8) is 0 Å². The molecule has 0 aromatic rings. The molecule has 3 nitrogen and oxygen atoms in total. The van der Waals surface area contributed by atoms with E-state index in [9.17, 15) is 0 Å². The normalized spacial score (nSPS) is 9.25. The molecule has 0 spiro atoms.